The van der Waals surface area contributed by atoms with Crippen molar-refractivity contribution in [2.24, 2.45) is 0 Å². The van der Waals surface area contributed by atoms with Crippen LogP contribution in [0.2, 0.25) is 0 Å². The lowest BCUT2D eigenvalue weighted by Gasteiger charge is -2.27. The fourth-order valence-electron chi connectivity index (χ4n) is 1.55. The minimum atomic E-state index is -0.0591. The Labute approximate surface area is 92.3 Å². The molecule has 0 aliphatic rings. The Kier molecular flexibility index (Phi) is 3.75. The molecule has 2 N–H and O–H groups in total. The van der Waals surface area contributed by atoms with Crippen LogP contribution in [0, 0.1) is 13.8 Å². The van der Waals surface area contributed by atoms with Crippen molar-refractivity contribution in [1.29, 1.82) is 0 Å². The van der Waals surface area contributed by atoms with Crippen molar-refractivity contribution in [2.45, 2.75) is 39.7 Å². The largest absolute Gasteiger partial charge is 0.396 e. The van der Waals surface area contributed by atoms with Gasteiger partial charge in [0, 0.05) is 17.8 Å². The molecule has 84 valence electrons. The Hall–Kier alpha value is -1.02. The van der Waals surface area contributed by atoms with E-state index in [2.05, 4.69) is 51.2 Å². The summed E-state index contributed by atoms with van der Waals surface area (Å²) in [6.07, 6.45) is 0.750. The van der Waals surface area contributed by atoms with Crippen LogP contribution < -0.4 is 5.32 Å². The predicted octanol–water partition coefficient (Wildman–Crippen LogP) is 2.88. The zero-order valence-electron chi connectivity index (χ0n) is 10.1. The highest BCUT2D eigenvalue weighted by molar-refractivity contribution is 5.49. The summed E-state index contributed by atoms with van der Waals surface area (Å²) in [6, 6.07) is 6.35. The third kappa shape index (κ3) is 3.56. The summed E-state index contributed by atoms with van der Waals surface area (Å²) in [5.41, 5.74) is 3.66. The molecule has 2 nitrogen and oxygen atoms in total. The van der Waals surface area contributed by atoms with Gasteiger partial charge in [0.15, 0.2) is 0 Å². The highest BCUT2D eigenvalue weighted by Crippen LogP contribution is 2.20. The third-order valence-electron chi connectivity index (χ3n) is 2.73. The normalized spacial score (nSPS) is 11.5. The summed E-state index contributed by atoms with van der Waals surface area (Å²) < 4.78 is 0. The van der Waals surface area contributed by atoms with Crippen LogP contribution in [-0.4, -0.2) is 17.3 Å². The van der Waals surface area contributed by atoms with Crippen molar-refractivity contribution in [3.63, 3.8) is 0 Å². The fourth-order valence-corrected chi connectivity index (χ4v) is 1.55. The summed E-state index contributed by atoms with van der Waals surface area (Å²) in [7, 11) is 0. The molecule has 15 heavy (non-hydrogen) atoms. The van der Waals surface area contributed by atoms with Gasteiger partial charge in [-0.25, -0.2) is 0 Å². The summed E-state index contributed by atoms with van der Waals surface area (Å²) >= 11 is 0. The highest BCUT2D eigenvalue weighted by Gasteiger charge is 2.16. The van der Waals surface area contributed by atoms with E-state index >= 15 is 0 Å². The van der Waals surface area contributed by atoms with E-state index in [0.717, 1.165) is 12.1 Å². The molecule has 2 heteroatoms. The first-order valence-corrected chi connectivity index (χ1v) is 5.41. The van der Waals surface area contributed by atoms with Crippen LogP contribution in [0.1, 0.15) is 31.4 Å². The Balaban J connectivity index is 2.76. The smallest absolute Gasteiger partial charge is 0.0453 e. The molecule has 0 aliphatic heterocycles. The van der Waals surface area contributed by atoms with Gasteiger partial charge in [0.1, 0.15) is 0 Å². The second-order valence-corrected chi connectivity index (χ2v) is 4.78. The van der Waals surface area contributed by atoms with Gasteiger partial charge < -0.3 is 10.4 Å². The Morgan fingerprint density at radius 2 is 1.87 bits per heavy atom. The zero-order valence-corrected chi connectivity index (χ0v) is 10.1. The molecule has 1 aromatic carbocycles. The van der Waals surface area contributed by atoms with E-state index < -0.39 is 0 Å². The van der Waals surface area contributed by atoms with Gasteiger partial charge in [-0.15, -0.1) is 0 Å². The predicted molar refractivity (Wildman–Crippen MR) is 65.3 cm³/mol. The Morgan fingerprint density at radius 1 is 1.20 bits per heavy atom. The van der Waals surface area contributed by atoms with Gasteiger partial charge in [-0.2, -0.15) is 0 Å². The van der Waals surface area contributed by atoms with Crippen molar-refractivity contribution in [3.8, 4) is 0 Å². The van der Waals surface area contributed by atoms with Crippen LogP contribution >= 0.6 is 0 Å². The standard InChI is InChI=1S/C13H21NO/c1-10-5-6-12(9-11(10)2)14-13(3,4)7-8-15/h5-6,9,14-15H,7-8H2,1-4H3. The van der Waals surface area contributed by atoms with Gasteiger partial charge in [0.05, 0.1) is 0 Å². The number of aliphatic hydroxyl groups excluding tert-OH is 1. The number of aliphatic hydroxyl groups is 1. The monoisotopic (exact) mass is 207 g/mol. The van der Waals surface area contributed by atoms with E-state index in [0.29, 0.717) is 0 Å². The second-order valence-electron chi connectivity index (χ2n) is 4.78. The molecule has 0 aliphatic carbocycles. The van der Waals surface area contributed by atoms with Gasteiger partial charge in [-0.3, -0.25) is 0 Å². The molecule has 0 atom stereocenters. The third-order valence-corrected chi connectivity index (χ3v) is 2.73. The number of benzene rings is 1. The molecular weight excluding hydrogens is 186 g/mol. The maximum absolute atomic E-state index is 8.94. The lowest BCUT2D eigenvalue weighted by molar-refractivity contribution is 0.261. The lowest BCUT2D eigenvalue weighted by atomic mass is 10.00. The van der Waals surface area contributed by atoms with E-state index in [1.807, 2.05) is 0 Å². The average molecular weight is 207 g/mol. The minimum Gasteiger partial charge on any atom is -0.396 e. The first kappa shape index (κ1) is 12.1. The molecule has 0 aromatic heterocycles. The molecule has 0 fully saturated rings. The molecule has 0 radical (unpaired) electrons. The molecule has 0 unspecified atom stereocenters. The van der Waals surface area contributed by atoms with Crippen LogP contribution in [0.15, 0.2) is 18.2 Å². The summed E-state index contributed by atoms with van der Waals surface area (Å²) in [5.74, 6) is 0. The average Bonchev–Trinajstić information content (AvgIpc) is 2.10. The number of hydrogen-bond acceptors (Lipinski definition) is 2. The second kappa shape index (κ2) is 4.67. The zero-order chi connectivity index (χ0) is 11.5. The maximum atomic E-state index is 8.94. The van der Waals surface area contributed by atoms with Crippen molar-refractivity contribution >= 4 is 5.69 Å². The Morgan fingerprint density at radius 3 is 2.40 bits per heavy atom. The molecule has 0 amide bonds. The molecule has 1 rings (SSSR count). The van der Waals surface area contributed by atoms with Gasteiger partial charge in [0.25, 0.3) is 0 Å². The fraction of sp³-hybridized carbons (Fsp3) is 0.538. The van der Waals surface area contributed by atoms with E-state index in [9.17, 15) is 0 Å². The van der Waals surface area contributed by atoms with E-state index in [4.69, 9.17) is 5.11 Å². The van der Waals surface area contributed by atoms with Gasteiger partial charge in [-0.1, -0.05) is 6.07 Å². The van der Waals surface area contributed by atoms with Crippen LogP contribution in [0.5, 0.6) is 0 Å². The van der Waals surface area contributed by atoms with E-state index in [-0.39, 0.29) is 12.1 Å². The van der Waals surface area contributed by atoms with Gasteiger partial charge in [0.2, 0.25) is 0 Å². The number of rotatable bonds is 4. The number of nitrogens with one attached hydrogen (secondary N) is 1. The first-order valence-electron chi connectivity index (χ1n) is 5.41. The van der Waals surface area contributed by atoms with Crippen molar-refractivity contribution < 1.29 is 5.11 Å². The number of hydrogen-bond donors (Lipinski definition) is 2. The van der Waals surface area contributed by atoms with Crippen LogP contribution in [0.3, 0.4) is 0 Å². The molecule has 1 aromatic rings. The van der Waals surface area contributed by atoms with Crippen LogP contribution in [0.25, 0.3) is 0 Å². The number of aryl methyl sites for hydroxylation is 2. The molecule has 0 saturated heterocycles. The maximum Gasteiger partial charge on any atom is 0.0453 e. The van der Waals surface area contributed by atoms with E-state index in [1.165, 1.54) is 11.1 Å². The minimum absolute atomic E-state index is 0.0591. The van der Waals surface area contributed by atoms with Crippen LogP contribution in [0.4, 0.5) is 5.69 Å². The summed E-state index contributed by atoms with van der Waals surface area (Å²) in [6.45, 7) is 8.62. The SMILES string of the molecule is Cc1ccc(NC(C)(C)CCO)cc1C. The first-order chi connectivity index (χ1) is 6.94. The quantitative estimate of drug-likeness (QED) is 0.795. The number of anilines is 1. The molecule has 0 heterocycles. The van der Waals surface area contributed by atoms with Gasteiger partial charge >= 0.3 is 0 Å². The Bertz CT molecular complexity index is 331. The van der Waals surface area contributed by atoms with E-state index in [1.54, 1.807) is 0 Å². The summed E-state index contributed by atoms with van der Waals surface area (Å²) in [4.78, 5) is 0. The molecular formula is C13H21NO. The van der Waals surface area contributed by atoms with Crippen molar-refractivity contribution in [2.75, 3.05) is 11.9 Å². The lowest BCUT2D eigenvalue weighted by Crippen LogP contribution is -2.31. The van der Waals surface area contributed by atoms with Crippen molar-refractivity contribution in [3.05, 3.63) is 29.3 Å². The highest BCUT2D eigenvalue weighted by atomic mass is 16.3. The molecule has 0 saturated carbocycles. The summed E-state index contributed by atoms with van der Waals surface area (Å²) in [5, 5.41) is 12.4. The van der Waals surface area contributed by atoms with Gasteiger partial charge in [-0.05, 0) is 57.4 Å². The van der Waals surface area contributed by atoms with Crippen molar-refractivity contribution in [1.82, 2.24) is 0 Å². The molecule has 0 spiro atoms. The van der Waals surface area contributed by atoms with Crippen LogP contribution in [-0.2, 0) is 0 Å². The molecule has 0 bridgehead atoms. The topological polar surface area (TPSA) is 32.3 Å².